The zero-order valence-electron chi connectivity index (χ0n) is 13.2. The standard InChI is InChI=1S/C18H13ClN4O2/c1-11-9-15(18(24)20-13-6-4-12(19)5-7-13)21-17-10-14(22-23(11)17)16-3-2-8-25-16/h2-10H,1H3,(H,20,24). The van der Waals surface area contributed by atoms with Crippen LogP contribution in [0, 0.1) is 6.92 Å². The maximum atomic E-state index is 12.5. The number of rotatable bonds is 3. The van der Waals surface area contributed by atoms with Gasteiger partial charge in [-0.1, -0.05) is 11.6 Å². The van der Waals surface area contributed by atoms with Gasteiger partial charge >= 0.3 is 0 Å². The van der Waals surface area contributed by atoms with Gasteiger partial charge in [0.1, 0.15) is 11.4 Å². The molecule has 1 amide bonds. The van der Waals surface area contributed by atoms with E-state index in [0.717, 1.165) is 5.69 Å². The predicted octanol–water partition coefficient (Wildman–Crippen LogP) is 4.20. The Kier molecular flexibility index (Phi) is 3.74. The summed E-state index contributed by atoms with van der Waals surface area (Å²) >= 11 is 5.85. The van der Waals surface area contributed by atoms with E-state index in [4.69, 9.17) is 16.0 Å². The zero-order chi connectivity index (χ0) is 17.4. The number of aryl methyl sites for hydroxylation is 1. The third-order valence-electron chi connectivity index (χ3n) is 3.71. The molecule has 0 saturated carbocycles. The van der Waals surface area contributed by atoms with Gasteiger partial charge in [-0.3, -0.25) is 4.79 Å². The van der Waals surface area contributed by atoms with Crippen molar-refractivity contribution in [2.24, 2.45) is 0 Å². The molecule has 0 aliphatic rings. The van der Waals surface area contributed by atoms with Gasteiger partial charge in [-0.2, -0.15) is 5.10 Å². The summed E-state index contributed by atoms with van der Waals surface area (Å²) < 4.78 is 7.04. The van der Waals surface area contributed by atoms with Crippen LogP contribution in [0.25, 0.3) is 17.1 Å². The Morgan fingerprint density at radius 3 is 2.72 bits per heavy atom. The monoisotopic (exact) mass is 352 g/mol. The molecule has 3 heterocycles. The largest absolute Gasteiger partial charge is 0.463 e. The average molecular weight is 353 g/mol. The van der Waals surface area contributed by atoms with Gasteiger partial charge in [-0.15, -0.1) is 0 Å². The van der Waals surface area contributed by atoms with E-state index in [1.165, 1.54) is 0 Å². The molecule has 6 nitrogen and oxygen atoms in total. The molecule has 4 aromatic rings. The van der Waals surface area contributed by atoms with Gasteiger partial charge in [0.25, 0.3) is 5.91 Å². The molecule has 1 aromatic carbocycles. The van der Waals surface area contributed by atoms with Crippen molar-refractivity contribution in [3.05, 3.63) is 71.2 Å². The second-order valence-electron chi connectivity index (χ2n) is 5.52. The molecular formula is C18H13ClN4O2. The molecule has 0 fully saturated rings. The van der Waals surface area contributed by atoms with Crippen molar-refractivity contribution in [1.82, 2.24) is 14.6 Å². The topological polar surface area (TPSA) is 72.4 Å². The van der Waals surface area contributed by atoms with Crippen LogP contribution in [0.2, 0.25) is 5.02 Å². The van der Waals surface area contributed by atoms with Gasteiger partial charge in [0, 0.05) is 22.5 Å². The van der Waals surface area contributed by atoms with Crippen molar-refractivity contribution in [3.8, 4) is 11.5 Å². The Labute approximate surface area is 148 Å². The highest BCUT2D eigenvalue weighted by Crippen LogP contribution is 2.21. The van der Waals surface area contributed by atoms with Crippen molar-refractivity contribution in [3.63, 3.8) is 0 Å². The molecule has 0 bridgehead atoms. The number of carbonyl (C=O) groups is 1. The van der Waals surface area contributed by atoms with Crippen LogP contribution in [0.1, 0.15) is 16.2 Å². The molecular weight excluding hydrogens is 340 g/mol. The summed E-state index contributed by atoms with van der Waals surface area (Å²) in [5.74, 6) is 0.353. The molecule has 4 rings (SSSR count). The number of hydrogen-bond donors (Lipinski definition) is 1. The van der Waals surface area contributed by atoms with Crippen LogP contribution in [-0.2, 0) is 0 Å². The van der Waals surface area contributed by atoms with Crippen LogP contribution in [0.5, 0.6) is 0 Å². The van der Waals surface area contributed by atoms with Crippen LogP contribution < -0.4 is 5.32 Å². The first kappa shape index (κ1) is 15.4. The second kappa shape index (κ2) is 6.07. The van der Waals surface area contributed by atoms with Gasteiger partial charge in [-0.05, 0) is 49.4 Å². The number of hydrogen-bond acceptors (Lipinski definition) is 4. The Morgan fingerprint density at radius 1 is 1.20 bits per heavy atom. The fourth-order valence-corrected chi connectivity index (χ4v) is 2.64. The van der Waals surface area contributed by atoms with Gasteiger partial charge in [0.05, 0.1) is 6.26 Å². The van der Waals surface area contributed by atoms with E-state index in [0.29, 0.717) is 33.5 Å². The number of halogens is 1. The maximum absolute atomic E-state index is 12.5. The summed E-state index contributed by atoms with van der Waals surface area (Å²) in [6, 6.07) is 14.0. The van der Waals surface area contributed by atoms with E-state index in [1.807, 2.05) is 13.0 Å². The summed E-state index contributed by atoms with van der Waals surface area (Å²) in [6.45, 7) is 1.87. The normalized spacial score (nSPS) is 11.0. The van der Waals surface area contributed by atoms with Crippen molar-refractivity contribution in [1.29, 1.82) is 0 Å². The van der Waals surface area contributed by atoms with Crippen LogP contribution in [0.4, 0.5) is 5.69 Å². The van der Waals surface area contributed by atoms with Crippen molar-refractivity contribution >= 4 is 28.8 Å². The number of nitrogens with zero attached hydrogens (tertiary/aromatic N) is 3. The van der Waals surface area contributed by atoms with E-state index in [9.17, 15) is 4.79 Å². The fourth-order valence-electron chi connectivity index (χ4n) is 2.51. The summed E-state index contributed by atoms with van der Waals surface area (Å²) in [6.07, 6.45) is 1.59. The molecule has 7 heteroatoms. The number of fused-ring (bicyclic) bond motifs is 1. The summed E-state index contributed by atoms with van der Waals surface area (Å²) in [5.41, 5.74) is 3.00. The molecule has 0 spiro atoms. The van der Waals surface area contributed by atoms with Crippen molar-refractivity contribution in [2.75, 3.05) is 5.32 Å². The number of benzene rings is 1. The van der Waals surface area contributed by atoms with Gasteiger partial charge < -0.3 is 9.73 Å². The molecule has 0 saturated heterocycles. The SMILES string of the molecule is Cc1cc(C(=O)Nc2ccc(Cl)cc2)nc2cc(-c3ccco3)nn12. The van der Waals surface area contributed by atoms with E-state index < -0.39 is 0 Å². The van der Waals surface area contributed by atoms with Crippen molar-refractivity contribution < 1.29 is 9.21 Å². The Morgan fingerprint density at radius 2 is 2.00 bits per heavy atom. The fraction of sp³-hybridized carbons (Fsp3) is 0.0556. The smallest absolute Gasteiger partial charge is 0.274 e. The molecule has 0 atom stereocenters. The third kappa shape index (κ3) is 2.99. The molecule has 124 valence electrons. The summed E-state index contributed by atoms with van der Waals surface area (Å²) in [7, 11) is 0. The van der Waals surface area contributed by atoms with E-state index in [1.54, 1.807) is 53.2 Å². The Bertz CT molecular complexity index is 1050. The molecule has 0 aliphatic heterocycles. The Hall–Kier alpha value is -3.12. The first-order valence-electron chi connectivity index (χ1n) is 7.58. The molecule has 25 heavy (non-hydrogen) atoms. The summed E-state index contributed by atoms with van der Waals surface area (Å²) in [5, 5.41) is 7.88. The van der Waals surface area contributed by atoms with Gasteiger partial charge in [0.2, 0.25) is 0 Å². The van der Waals surface area contributed by atoms with Gasteiger partial charge in [0.15, 0.2) is 11.4 Å². The number of aromatic nitrogens is 3. The number of furan rings is 1. The molecule has 0 radical (unpaired) electrons. The number of anilines is 1. The lowest BCUT2D eigenvalue weighted by atomic mass is 10.2. The first-order valence-corrected chi connectivity index (χ1v) is 7.96. The van der Waals surface area contributed by atoms with E-state index in [-0.39, 0.29) is 5.91 Å². The van der Waals surface area contributed by atoms with Crippen molar-refractivity contribution in [2.45, 2.75) is 6.92 Å². The lowest BCUT2D eigenvalue weighted by Crippen LogP contribution is -2.15. The highest BCUT2D eigenvalue weighted by molar-refractivity contribution is 6.30. The minimum atomic E-state index is -0.298. The maximum Gasteiger partial charge on any atom is 0.274 e. The highest BCUT2D eigenvalue weighted by atomic mass is 35.5. The molecule has 3 aromatic heterocycles. The predicted molar refractivity (Wildman–Crippen MR) is 94.8 cm³/mol. The second-order valence-corrected chi connectivity index (χ2v) is 5.96. The van der Waals surface area contributed by atoms with Gasteiger partial charge in [-0.25, -0.2) is 9.50 Å². The number of nitrogens with one attached hydrogen (secondary N) is 1. The zero-order valence-corrected chi connectivity index (χ0v) is 14.0. The highest BCUT2D eigenvalue weighted by Gasteiger charge is 2.14. The molecule has 0 unspecified atom stereocenters. The van der Waals surface area contributed by atoms with E-state index >= 15 is 0 Å². The lowest BCUT2D eigenvalue weighted by molar-refractivity contribution is 0.102. The lowest BCUT2D eigenvalue weighted by Gasteiger charge is -2.06. The van der Waals surface area contributed by atoms with E-state index in [2.05, 4.69) is 15.4 Å². The number of amides is 1. The quantitative estimate of drug-likeness (QED) is 0.599. The first-order chi connectivity index (χ1) is 12.1. The third-order valence-corrected chi connectivity index (χ3v) is 3.97. The van der Waals surface area contributed by atoms with Crippen LogP contribution >= 0.6 is 11.6 Å². The molecule has 0 aliphatic carbocycles. The number of carbonyl (C=O) groups excluding carboxylic acids is 1. The van der Waals surface area contributed by atoms with Crippen LogP contribution in [-0.4, -0.2) is 20.5 Å². The Balaban J connectivity index is 1.67. The average Bonchev–Trinajstić information content (AvgIpc) is 3.25. The minimum Gasteiger partial charge on any atom is -0.463 e. The summed E-state index contributed by atoms with van der Waals surface area (Å²) in [4.78, 5) is 16.9. The van der Waals surface area contributed by atoms with Crippen LogP contribution in [0.15, 0.2) is 59.2 Å². The van der Waals surface area contributed by atoms with Crippen LogP contribution in [0.3, 0.4) is 0 Å². The molecule has 1 N–H and O–H groups in total. The minimum absolute atomic E-state index is 0.298.